The number of anilines is 1. The van der Waals surface area contributed by atoms with E-state index in [1.54, 1.807) is 18.5 Å². The molecule has 0 aliphatic carbocycles. The van der Waals surface area contributed by atoms with E-state index in [2.05, 4.69) is 4.98 Å². The molecule has 15 heavy (non-hydrogen) atoms. The number of hydrogen-bond acceptors (Lipinski definition) is 4. The van der Waals surface area contributed by atoms with Crippen molar-refractivity contribution in [3.63, 3.8) is 0 Å². The zero-order valence-corrected chi connectivity index (χ0v) is 8.48. The second-order valence-electron chi connectivity index (χ2n) is 3.71. The van der Waals surface area contributed by atoms with Crippen LogP contribution in [-0.4, -0.2) is 24.0 Å². The first kappa shape index (κ1) is 10.1. The fourth-order valence-corrected chi connectivity index (χ4v) is 1.79. The summed E-state index contributed by atoms with van der Waals surface area (Å²) in [5, 5.41) is 0. The number of carbonyl (C=O) groups excluding carboxylic acids is 1. The van der Waals surface area contributed by atoms with Gasteiger partial charge in [-0.15, -0.1) is 0 Å². The van der Waals surface area contributed by atoms with Crippen LogP contribution in [0.5, 0.6) is 0 Å². The van der Waals surface area contributed by atoms with Gasteiger partial charge in [-0.25, -0.2) is 0 Å². The number of ketones is 1. The number of rotatable bonds is 2. The van der Waals surface area contributed by atoms with E-state index in [4.69, 9.17) is 10.5 Å². The zero-order valence-electron chi connectivity index (χ0n) is 8.48. The van der Waals surface area contributed by atoms with Crippen LogP contribution < -0.4 is 5.73 Å². The van der Waals surface area contributed by atoms with E-state index in [9.17, 15) is 4.79 Å². The molecule has 0 amide bonds. The minimum Gasteiger partial charge on any atom is -0.398 e. The van der Waals surface area contributed by atoms with Crippen LogP contribution in [0.4, 0.5) is 5.69 Å². The monoisotopic (exact) mass is 206 g/mol. The van der Waals surface area contributed by atoms with E-state index in [1.165, 1.54) is 0 Å². The summed E-state index contributed by atoms with van der Waals surface area (Å²) in [6.45, 7) is 1.33. The van der Waals surface area contributed by atoms with Gasteiger partial charge < -0.3 is 10.5 Å². The number of ether oxygens (including phenoxy) is 1. The molecule has 1 fully saturated rings. The van der Waals surface area contributed by atoms with Gasteiger partial charge in [-0.05, 0) is 18.9 Å². The van der Waals surface area contributed by atoms with E-state index < -0.39 is 0 Å². The maximum atomic E-state index is 12.0. The maximum absolute atomic E-state index is 12.0. The highest BCUT2D eigenvalue weighted by molar-refractivity contribution is 6.01. The maximum Gasteiger partial charge on any atom is 0.169 e. The highest BCUT2D eigenvalue weighted by Crippen LogP contribution is 2.22. The van der Waals surface area contributed by atoms with Crippen molar-refractivity contribution in [1.82, 2.24) is 4.98 Å². The number of Topliss-reactive ketones (excluding diaryl/α,β-unsaturated/α-hetero) is 1. The topological polar surface area (TPSA) is 65.2 Å². The Hall–Kier alpha value is -1.42. The molecule has 2 heterocycles. The van der Waals surface area contributed by atoms with Crippen molar-refractivity contribution in [3.05, 3.63) is 24.0 Å². The van der Waals surface area contributed by atoms with Gasteiger partial charge in [0, 0.05) is 37.2 Å². The van der Waals surface area contributed by atoms with Gasteiger partial charge in [-0.1, -0.05) is 0 Å². The number of pyridine rings is 1. The predicted molar refractivity (Wildman–Crippen MR) is 56.5 cm³/mol. The number of carbonyl (C=O) groups is 1. The number of nitrogens with zero attached hydrogens (tertiary/aromatic N) is 1. The van der Waals surface area contributed by atoms with Crippen molar-refractivity contribution in [2.75, 3.05) is 18.9 Å². The average Bonchev–Trinajstić information content (AvgIpc) is 2.30. The molecule has 0 unspecified atom stereocenters. The van der Waals surface area contributed by atoms with Crippen molar-refractivity contribution in [2.24, 2.45) is 5.92 Å². The molecule has 0 atom stereocenters. The standard InChI is InChI=1S/C11H14N2O2/c12-10-1-4-13-7-9(10)11(14)8-2-5-15-6-3-8/h1,4,7-8H,2-3,5-6H2,(H2,12,13). The molecule has 0 aromatic carbocycles. The van der Waals surface area contributed by atoms with Gasteiger partial charge in [0.2, 0.25) is 0 Å². The first-order valence-electron chi connectivity index (χ1n) is 5.10. The summed E-state index contributed by atoms with van der Waals surface area (Å²) < 4.78 is 5.22. The van der Waals surface area contributed by atoms with Crippen LogP contribution >= 0.6 is 0 Å². The Labute approximate surface area is 88.4 Å². The van der Waals surface area contributed by atoms with Gasteiger partial charge in [-0.2, -0.15) is 0 Å². The second kappa shape index (κ2) is 4.40. The average molecular weight is 206 g/mol. The van der Waals surface area contributed by atoms with Gasteiger partial charge >= 0.3 is 0 Å². The Balaban J connectivity index is 2.16. The van der Waals surface area contributed by atoms with Crippen LogP contribution in [0.15, 0.2) is 18.5 Å². The van der Waals surface area contributed by atoms with Gasteiger partial charge in [0.1, 0.15) is 0 Å². The van der Waals surface area contributed by atoms with Crippen molar-refractivity contribution in [1.29, 1.82) is 0 Å². The Kier molecular flexibility index (Phi) is 2.97. The Bertz CT molecular complexity index is 359. The van der Waals surface area contributed by atoms with E-state index in [0.29, 0.717) is 24.5 Å². The summed E-state index contributed by atoms with van der Waals surface area (Å²) in [4.78, 5) is 16.0. The third kappa shape index (κ3) is 2.15. The normalized spacial score (nSPS) is 17.6. The van der Waals surface area contributed by atoms with Gasteiger partial charge in [0.25, 0.3) is 0 Å². The lowest BCUT2D eigenvalue weighted by Crippen LogP contribution is -2.24. The lowest BCUT2D eigenvalue weighted by Gasteiger charge is -2.21. The van der Waals surface area contributed by atoms with E-state index >= 15 is 0 Å². The summed E-state index contributed by atoms with van der Waals surface area (Å²) in [6, 6.07) is 1.66. The molecule has 1 aliphatic rings. The SMILES string of the molecule is Nc1ccncc1C(=O)C1CCOCC1. The Morgan fingerprint density at radius 2 is 2.20 bits per heavy atom. The number of nitrogen functional groups attached to an aromatic ring is 1. The van der Waals surface area contributed by atoms with Crippen LogP contribution in [0.1, 0.15) is 23.2 Å². The third-order valence-electron chi connectivity index (χ3n) is 2.71. The third-order valence-corrected chi connectivity index (χ3v) is 2.71. The van der Waals surface area contributed by atoms with Crippen LogP contribution in [0.2, 0.25) is 0 Å². The molecule has 0 radical (unpaired) electrons. The largest absolute Gasteiger partial charge is 0.398 e. The molecule has 1 aromatic heterocycles. The first-order valence-corrected chi connectivity index (χ1v) is 5.10. The molecule has 2 N–H and O–H groups in total. The van der Waals surface area contributed by atoms with Crippen molar-refractivity contribution in [3.8, 4) is 0 Å². The number of aromatic nitrogens is 1. The first-order chi connectivity index (χ1) is 7.29. The van der Waals surface area contributed by atoms with Gasteiger partial charge in [-0.3, -0.25) is 9.78 Å². The fourth-order valence-electron chi connectivity index (χ4n) is 1.79. The van der Waals surface area contributed by atoms with Crippen LogP contribution in [-0.2, 0) is 4.74 Å². The Morgan fingerprint density at radius 1 is 1.47 bits per heavy atom. The molecular formula is C11H14N2O2. The summed E-state index contributed by atoms with van der Waals surface area (Å²) in [7, 11) is 0. The minimum atomic E-state index is 0.0465. The van der Waals surface area contributed by atoms with E-state index in [1.807, 2.05) is 0 Å². The molecule has 4 nitrogen and oxygen atoms in total. The zero-order chi connectivity index (χ0) is 10.7. The molecular weight excluding hydrogens is 192 g/mol. The fraction of sp³-hybridized carbons (Fsp3) is 0.455. The molecule has 4 heteroatoms. The summed E-state index contributed by atoms with van der Waals surface area (Å²) in [6.07, 6.45) is 4.71. The smallest absolute Gasteiger partial charge is 0.169 e. The minimum absolute atomic E-state index is 0.0465. The predicted octanol–water partition coefficient (Wildman–Crippen LogP) is 1.27. The summed E-state index contributed by atoms with van der Waals surface area (Å²) in [5.74, 6) is 0.147. The highest BCUT2D eigenvalue weighted by atomic mass is 16.5. The van der Waals surface area contributed by atoms with Gasteiger partial charge in [0.05, 0.1) is 5.56 Å². The van der Waals surface area contributed by atoms with Crippen LogP contribution in [0.3, 0.4) is 0 Å². The van der Waals surface area contributed by atoms with Crippen molar-refractivity contribution in [2.45, 2.75) is 12.8 Å². The number of nitrogens with two attached hydrogens (primary N) is 1. The molecule has 1 aliphatic heterocycles. The summed E-state index contributed by atoms with van der Waals surface area (Å²) in [5.41, 5.74) is 6.80. The quantitative estimate of drug-likeness (QED) is 0.740. The molecule has 0 spiro atoms. The van der Waals surface area contributed by atoms with Crippen molar-refractivity contribution >= 4 is 11.5 Å². The second-order valence-corrected chi connectivity index (χ2v) is 3.71. The molecule has 1 saturated heterocycles. The highest BCUT2D eigenvalue weighted by Gasteiger charge is 2.24. The number of hydrogen-bond donors (Lipinski definition) is 1. The molecule has 80 valence electrons. The van der Waals surface area contributed by atoms with E-state index in [-0.39, 0.29) is 11.7 Å². The molecule has 0 saturated carbocycles. The Morgan fingerprint density at radius 3 is 2.87 bits per heavy atom. The molecule has 2 rings (SSSR count). The van der Waals surface area contributed by atoms with Crippen LogP contribution in [0, 0.1) is 5.92 Å². The lowest BCUT2D eigenvalue weighted by atomic mass is 9.91. The van der Waals surface area contributed by atoms with E-state index in [0.717, 1.165) is 12.8 Å². The molecule has 0 bridgehead atoms. The molecule has 1 aromatic rings. The van der Waals surface area contributed by atoms with Gasteiger partial charge in [0.15, 0.2) is 5.78 Å². The lowest BCUT2D eigenvalue weighted by molar-refractivity contribution is 0.0545. The van der Waals surface area contributed by atoms with Crippen molar-refractivity contribution < 1.29 is 9.53 Å². The van der Waals surface area contributed by atoms with Crippen LogP contribution in [0.25, 0.3) is 0 Å². The summed E-state index contributed by atoms with van der Waals surface area (Å²) >= 11 is 0.